The first kappa shape index (κ1) is 10.7. The van der Waals surface area contributed by atoms with E-state index in [0.29, 0.717) is 0 Å². The number of phenols is 1. The molecule has 0 unspecified atom stereocenters. The molecular weight excluding hydrogens is 208 g/mol. The maximum Gasteiger partial charge on any atom is 0.308 e. The molecule has 1 aromatic rings. The van der Waals surface area contributed by atoms with E-state index in [1.807, 2.05) is 0 Å². The van der Waals surface area contributed by atoms with Crippen molar-refractivity contribution >= 4 is 17.6 Å². The highest BCUT2D eigenvalue weighted by Crippen LogP contribution is 2.35. The van der Waals surface area contributed by atoms with Crippen molar-refractivity contribution in [3.63, 3.8) is 0 Å². The fourth-order valence-corrected chi connectivity index (χ4v) is 1.35. The first-order chi connectivity index (χ1) is 6.56. The lowest BCUT2D eigenvalue weighted by Gasteiger charge is -2.09. The molecule has 0 aliphatic carbocycles. The molecule has 0 heterocycles. The van der Waals surface area contributed by atoms with Crippen LogP contribution in [0.1, 0.15) is 5.56 Å². The second-order valence-corrected chi connectivity index (χ2v) is 3.06. The summed E-state index contributed by atoms with van der Waals surface area (Å²) in [6.07, 6.45) is -0.281. The van der Waals surface area contributed by atoms with Gasteiger partial charge >= 0.3 is 5.97 Å². The highest BCUT2D eigenvalue weighted by Gasteiger charge is 2.15. The largest absolute Gasteiger partial charge is 0.504 e. The summed E-state index contributed by atoms with van der Waals surface area (Å²) in [5.41, 5.74) is 0.279. The number of aromatic hydroxyl groups is 1. The number of methoxy groups -OCH3 is 1. The first-order valence-electron chi connectivity index (χ1n) is 3.82. The van der Waals surface area contributed by atoms with Gasteiger partial charge in [-0.1, -0.05) is 11.6 Å². The maximum atomic E-state index is 10.5. The third kappa shape index (κ3) is 2.09. The van der Waals surface area contributed by atoms with Crippen LogP contribution in [0.15, 0.2) is 12.1 Å². The molecule has 0 radical (unpaired) electrons. The van der Waals surface area contributed by atoms with Crippen molar-refractivity contribution in [2.24, 2.45) is 0 Å². The highest BCUT2D eigenvalue weighted by atomic mass is 35.5. The number of aliphatic carboxylic acids is 1. The molecule has 0 bridgehead atoms. The first-order valence-corrected chi connectivity index (χ1v) is 4.20. The van der Waals surface area contributed by atoms with Gasteiger partial charge in [-0.25, -0.2) is 0 Å². The monoisotopic (exact) mass is 216 g/mol. The Morgan fingerprint density at radius 3 is 2.71 bits per heavy atom. The van der Waals surface area contributed by atoms with Crippen molar-refractivity contribution in [2.45, 2.75) is 6.42 Å². The molecule has 14 heavy (non-hydrogen) atoms. The number of ether oxygens (including phenoxy) is 1. The molecule has 0 aliphatic rings. The minimum absolute atomic E-state index is 0.111. The molecule has 76 valence electrons. The quantitative estimate of drug-likeness (QED) is 0.807. The molecule has 5 heteroatoms. The average Bonchev–Trinajstić information content (AvgIpc) is 2.11. The fourth-order valence-electron chi connectivity index (χ4n) is 1.14. The number of carboxylic acid groups (broad SMARTS) is 1. The van der Waals surface area contributed by atoms with E-state index in [2.05, 4.69) is 0 Å². The van der Waals surface area contributed by atoms with E-state index >= 15 is 0 Å². The SMILES string of the molecule is COc1c(O)ccc(Cl)c1CC(=O)O. The number of carboxylic acids is 1. The molecule has 1 rings (SSSR count). The summed E-state index contributed by atoms with van der Waals surface area (Å²) in [5, 5.41) is 18.2. The Hall–Kier alpha value is -1.42. The molecule has 0 spiro atoms. The molecule has 0 fully saturated rings. The predicted molar refractivity (Wildman–Crippen MR) is 51.0 cm³/mol. The Labute approximate surface area is 85.7 Å². The summed E-state index contributed by atoms with van der Waals surface area (Å²) < 4.78 is 4.86. The van der Waals surface area contributed by atoms with E-state index in [4.69, 9.17) is 21.4 Å². The summed E-state index contributed by atoms with van der Waals surface area (Å²) >= 11 is 5.77. The number of halogens is 1. The van der Waals surface area contributed by atoms with Crippen LogP contribution >= 0.6 is 11.6 Å². The van der Waals surface area contributed by atoms with E-state index in [9.17, 15) is 9.90 Å². The number of carbonyl (C=O) groups is 1. The van der Waals surface area contributed by atoms with E-state index < -0.39 is 5.97 Å². The van der Waals surface area contributed by atoms with Gasteiger partial charge in [0.1, 0.15) is 0 Å². The van der Waals surface area contributed by atoms with Crippen LogP contribution in [-0.2, 0) is 11.2 Å². The van der Waals surface area contributed by atoms with Crippen LogP contribution in [0.4, 0.5) is 0 Å². The van der Waals surface area contributed by atoms with Gasteiger partial charge in [0.15, 0.2) is 11.5 Å². The number of rotatable bonds is 3. The molecule has 0 amide bonds. The zero-order chi connectivity index (χ0) is 10.7. The molecule has 0 saturated carbocycles. The van der Waals surface area contributed by atoms with Crippen molar-refractivity contribution in [1.82, 2.24) is 0 Å². The van der Waals surface area contributed by atoms with Gasteiger partial charge in [0, 0.05) is 10.6 Å². The lowest BCUT2D eigenvalue weighted by Crippen LogP contribution is -2.03. The molecule has 0 aromatic heterocycles. The van der Waals surface area contributed by atoms with E-state index in [-0.39, 0.29) is 28.5 Å². The molecule has 0 saturated heterocycles. The minimum atomic E-state index is -1.03. The topological polar surface area (TPSA) is 66.8 Å². The molecule has 4 nitrogen and oxygen atoms in total. The van der Waals surface area contributed by atoms with Gasteiger partial charge in [0.25, 0.3) is 0 Å². The highest BCUT2D eigenvalue weighted by molar-refractivity contribution is 6.31. The Morgan fingerprint density at radius 1 is 1.57 bits per heavy atom. The van der Waals surface area contributed by atoms with Crippen molar-refractivity contribution in [1.29, 1.82) is 0 Å². The van der Waals surface area contributed by atoms with Crippen molar-refractivity contribution in [3.05, 3.63) is 22.7 Å². The second-order valence-electron chi connectivity index (χ2n) is 2.65. The molecular formula is C9H9ClO4. The van der Waals surface area contributed by atoms with Gasteiger partial charge in [0.2, 0.25) is 0 Å². The van der Waals surface area contributed by atoms with E-state index in [1.54, 1.807) is 0 Å². The number of hydrogen-bond donors (Lipinski definition) is 2. The number of phenolic OH excluding ortho intramolecular Hbond substituents is 1. The van der Waals surface area contributed by atoms with E-state index in [1.165, 1.54) is 19.2 Å². The molecule has 0 atom stereocenters. The van der Waals surface area contributed by atoms with Gasteiger partial charge in [-0.2, -0.15) is 0 Å². The van der Waals surface area contributed by atoms with Crippen LogP contribution < -0.4 is 4.74 Å². The van der Waals surface area contributed by atoms with Gasteiger partial charge in [-0.05, 0) is 12.1 Å². The Bertz CT molecular complexity index is 362. The Kier molecular flexibility index (Phi) is 3.19. The number of hydrogen-bond acceptors (Lipinski definition) is 3. The van der Waals surface area contributed by atoms with Crippen LogP contribution in [0.2, 0.25) is 5.02 Å². The van der Waals surface area contributed by atoms with Crippen LogP contribution in [-0.4, -0.2) is 23.3 Å². The van der Waals surface area contributed by atoms with E-state index in [0.717, 1.165) is 0 Å². The predicted octanol–water partition coefficient (Wildman–Crippen LogP) is 1.68. The maximum absolute atomic E-state index is 10.5. The lowest BCUT2D eigenvalue weighted by molar-refractivity contribution is -0.136. The van der Waals surface area contributed by atoms with Crippen LogP contribution in [0.3, 0.4) is 0 Å². The number of benzene rings is 1. The van der Waals surface area contributed by atoms with Crippen LogP contribution in [0, 0.1) is 0 Å². The third-order valence-electron chi connectivity index (χ3n) is 1.71. The Balaban J connectivity index is 3.22. The lowest BCUT2D eigenvalue weighted by atomic mass is 10.1. The smallest absolute Gasteiger partial charge is 0.308 e. The Morgan fingerprint density at radius 2 is 2.21 bits per heavy atom. The summed E-state index contributed by atoms with van der Waals surface area (Å²) in [4.78, 5) is 10.5. The minimum Gasteiger partial charge on any atom is -0.504 e. The van der Waals surface area contributed by atoms with Crippen LogP contribution in [0.5, 0.6) is 11.5 Å². The second kappa shape index (κ2) is 4.19. The van der Waals surface area contributed by atoms with Gasteiger partial charge in [-0.3, -0.25) is 4.79 Å². The zero-order valence-corrected chi connectivity index (χ0v) is 8.21. The summed E-state index contributed by atoms with van der Waals surface area (Å²) in [6.45, 7) is 0. The molecule has 2 N–H and O–H groups in total. The summed E-state index contributed by atoms with van der Waals surface area (Å²) in [7, 11) is 1.34. The van der Waals surface area contributed by atoms with Crippen LogP contribution in [0.25, 0.3) is 0 Å². The molecule has 0 aliphatic heterocycles. The fraction of sp³-hybridized carbons (Fsp3) is 0.222. The third-order valence-corrected chi connectivity index (χ3v) is 2.07. The average molecular weight is 217 g/mol. The standard InChI is InChI=1S/C9H9ClO4/c1-14-9-5(4-8(12)13)6(10)2-3-7(9)11/h2-3,11H,4H2,1H3,(H,12,13). The van der Waals surface area contributed by atoms with Gasteiger partial charge < -0.3 is 14.9 Å². The normalized spacial score (nSPS) is 9.86. The van der Waals surface area contributed by atoms with Crippen molar-refractivity contribution < 1.29 is 19.7 Å². The van der Waals surface area contributed by atoms with Crippen molar-refractivity contribution in [3.8, 4) is 11.5 Å². The van der Waals surface area contributed by atoms with Gasteiger partial charge in [0.05, 0.1) is 13.5 Å². The van der Waals surface area contributed by atoms with Crippen molar-refractivity contribution in [2.75, 3.05) is 7.11 Å². The summed E-state index contributed by atoms with van der Waals surface area (Å²) in [6, 6.07) is 2.78. The zero-order valence-electron chi connectivity index (χ0n) is 7.45. The summed E-state index contributed by atoms with van der Waals surface area (Å²) in [5.74, 6) is -1.04. The molecule has 1 aromatic carbocycles. The van der Waals surface area contributed by atoms with Gasteiger partial charge in [-0.15, -0.1) is 0 Å².